The zero-order chi connectivity index (χ0) is 9.97. The average molecular weight is 190 g/mol. The molecule has 0 saturated carbocycles. The summed E-state index contributed by atoms with van der Waals surface area (Å²) in [5.74, 6) is 0.518. The maximum Gasteiger partial charge on any atom is 0.160 e. The molecule has 0 aromatic carbocycles. The summed E-state index contributed by atoms with van der Waals surface area (Å²) < 4.78 is 1.93. The van der Waals surface area contributed by atoms with Crippen molar-refractivity contribution in [3.63, 3.8) is 0 Å². The second-order valence-electron chi connectivity index (χ2n) is 3.68. The van der Waals surface area contributed by atoms with Crippen molar-refractivity contribution in [3.05, 3.63) is 30.2 Å². The molecule has 0 bridgehead atoms. The van der Waals surface area contributed by atoms with E-state index in [1.165, 1.54) is 5.56 Å². The first-order valence-corrected chi connectivity index (χ1v) is 4.78. The molecule has 2 aromatic rings. The zero-order valence-electron chi connectivity index (χ0n) is 8.22. The van der Waals surface area contributed by atoms with Crippen LogP contribution in [0.25, 0.3) is 5.65 Å². The highest BCUT2D eigenvalue weighted by molar-refractivity contribution is 5.37. The minimum Gasteiger partial charge on any atom is -0.330 e. The summed E-state index contributed by atoms with van der Waals surface area (Å²) in [7, 11) is 0. The van der Waals surface area contributed by atoms with Crippen LogP contribution in [0.4, 0.5) is 0 Å². The van der Waals surface area contributed by atoms with Crippen LogP contribution >= 0.6 is 0 Å². The van der Waals surface area contributed by atoms with E-state index >= 15 is 0 Å². The Bertz CT molecular complexity index is 421. The first-order chi connectivity index (χ1) is 6.79. The smallest absolute Gasteiger partial charge is 0.160 e. The molecular formula is C10H14N4. The highest BCUT2D eigenvalue weighted by atomic mass is 15.2. The highest BCUT2D eigenvalue weighted by Gasteiger charge is 2.02. The Labute approximate surface area is 82.8 Å². The van der Waals surface area contributed by atoms with Crippen LogP contribution < -0.4 is 5.73 Å². The van der Waals surface area contributed by atoms with Crippen molar-refractivity contribution >= 4 is 5.65 Å². The van der Waals surface area contributed by atoms with Crippen LogP contribution in [0.2, 0.25) is 0 Å². The van der Waals surface area contributed by atoms with Gasteiger partial charge in [-0.1, -0.05) is 13.0 Å². The van der Waals surface area contributed by atoms with Crippen molar-refractivity contribution < 1.29 is 0 Å². The van der Waals surface area contributed by atoms with Gasteiger partial charge >= 0.3 is 0 Å². The van der Waals surface area contributed by atoms with Gasteiger partial charge in [-0.15, -0.1) is 10.2 Å². The van der Waals surface area contributed by atoms with Crippen molar-refractivity contribution in [1.82, 2.24) is 14.6 Å². The van der Waals surface area contributed by atoms with Crippen LogP contribution in [-0.2, 0) is 6.42 Å². The molecule has 14 heavy (non-hydrogen) atoms. The van der Waals surface area contributed by atoms with E-state index in [4.69, 9.17) is 5.73 Å². The molecule has 0 saturated heterocycles. The van der Waals surface area contributed by atoms with Gasteiger partial charge in [-0.3, -0.25) is 4.40 Å². The van der Waals surface area contributed by atoms with Gasteiger partial charge < -0.3 is 5.73 Å². The lowest BCUT2D eigenvalue weighted by Gasteiger charge is -2.07. The van der Waals surface area contributed by atoms with Crippen molar-refractivity contribution in [2.45, 2.75) is 13.3 Å². The van der Waals surface area contributed by atoms with E-state index in [9.17, 15) is 0 Å². The first-order valence-electron chi connectivity index (χ1n) is 4.78. The number of hydrogen-bond acceptors (Lipinski definition) is 3. The molecule has 0 radical (unpaired) electrons. The third-order valence-electron chi connectivity index (χ3n) is 2.34. The minimum atomic E-state index is 0.518. The maximum atomic E-state index is 5.58. The van der Waals surface area contributed by atoms with Gasteiger partial charge in [0, 0.05) is 6.20 Å². The molecule has 0 aliphatic rings. The van der Waals surface area contributed by atoms with E-state index in [-0.39, 0.29) is 0 Å². The van der Waals surface area contributed by atoms with Gasteiger partial charge in [0.25, 0.3) is 0 Å². The summed E-state index contributed by atoms with van der Waals surface area (Å²) in [6.07, 6.45) is 4.78. The molecule has 2 N–H and O–H groups in total. The van der Waals surface area contributed by atoms with Gasteiger partial charge in [0.15, 0.2) is 5.65 Å². The lowest BCUT2D eigenvalue weighted by Crippen LogP contribution is -2.13. The molecule has 74 valence electrons. The molecule has 0 aliphatic carbocycles. The molecule has 2 aromatic heterocycles. The average Bonchev–Trinajstić information content (AvgIpc) is 2.64. The fourth-order valence-electron chi connectivity index (χ4n) is 1.48. The van der Waals surface area contributed by atoms with Crippen LogP contribution in [0.1, 0.15) is 12.5 Å². The quantitative estimate of drug-likeness (QED) is 0.781. The summed E-state index contributed by atoms with van der Waals surface area (Å²) in [6.45, 7) is 2.87. The lowest BCUT2D eigenvalue weighted by molar-refractivity contribution is 0.591. The number of rotatable bonds is 3. The molecule has 1 unspecified atom stereocenters. The molecule has 0 amide bonds. The summed E-state index contributed by atoms with van der Waals surface area (Å²) in [5, 5.41) is 7.78. The summed E-state index contributed by atoms with van der Waals surface area (Å²) >= 11 is 0. The number of nitrogens with two attached hydrogens (primary N) is 1. The number of pyridine rings is 1. The van der Waals surface area contributed by atoms with Crippen molar-refractivity contribution in [2.75, 3.05) is 6.54 Å². The molecule has 4 nitrogen and oxygen atoms in total. The molecule has 2 rings (SSSR count). The topological polar surface area (TPSA) is 56.2 Å². The van der Waals surface area contributed by atoms with Gasteiger partial charge in [-0.05, 0) is 30.5 Å². The van der Waals surface area contributed by atoms with E-state index in [1.54, 1.807) is 6.33 Å². The van der Waals surface area contributed by atoms with Crippen molar-refractivity contribution in [2.24, 2.45) is 11.7 Å². The number of nitrogens with zero attached hydrogens (tertiary/aromatic N) is 3. The van der Waals surface area contributed by atoms with Crippen molar-refractivity contribution in [1.29, 1.82) is 0 Å². The van der Waals surface area contributed by atoms with Gasteiger partial charge in [0.1, 0.15) is 6.33 Å². The Kier molecular flexibility index (Phi) is 2.45. The van der Waals surface area contributed by atoms with E-state index in [1.807, 2.05) is 10.5 Å². The van der Waals surface area contributed by atoms with Crippen LogP contribution in [0, 0.1) is 5.92 Å². The molecule has 0 spiro atoms. The van der Waals surface area contributed by atoms with E-state index in [2.05, 4.69) is 29.4 Å². The normalized spacial score (nSPS) is 13.3. The number of hydrogen-bond donors (Lipinski definition) is 1. The maximum absolute atomic E-state index is 5.58. The second kappa shape index (κ2) is 3.75. The van der Waals surface area contributed by atoms with Crippen LogP contribution in [0.5, 0.6) is 0 Å². The Morgan fingerprint density at radius 2 is 2.36 bits per heavy atom. The fraction of sp³-hybridized carbons (Fsp3) is 0.400. The van der Waals surface area contributed by atoms with Crippen LogP contribution in [-0.4, -0.2) is 21.1 Å². The highest BCUT2D eigenvalue weighted by Crippen LogP contribution is 2.08. The summed E-state index contributed by atoms with van der Waals surface area (Å²) in [5.41, 5.74) is 7.74. The van der Waals surface area contributed by atoms with E-state index < -0.39 is 0 Å². The third kappa shape index (κ3) is 1.75. The Hall–Kier alpha value is -1.42. The SMILES string of the molecule is CC(CN)Cc1ccc2nncn2c1. The van der Waals surface area contributed by atoms with E-state index in [0.29, 0.717) is 5.92 Å². The fourth-order valence-corrected chi connectivity index (χ4v) is 1.48. The molecule has 2 heterocycles. The van der Waals surface area contributed by atoms with Gasteiger partial charge in [0.2, 0.25) is 0 Å². The monoisotopic (exact) mass is 190 g/mol. The molecule has 1 atom stereocenters. The predicted molar refractivity (Wildman–Crippen MR) is 54.9 cm³/mol. The van der Waals surface area contributed by atoms with Crippen molar-refractivity contribution in [3.8, 4) is 0 Å². The Morgan fingerprint density at radius 3 is 3.14 bits per heavy atom. The molecule has 0 aliphatic heterocycles. The van der Waals surface area contributed by atoms with Gasteiger partial charge in [-0.2, -0.15) is 0 Å². The standard InChI is InChI=1S/C10H14N4/c1-8(5-11)4-9-2-3-10-13-12-7-14(10)6-9/h2-3,6-8H,4-5,11H2,1H3. The predicted octanol–water partition coefficient (Wildman–Crippen LogP) is 0.867. The largest absolute Gasteiger partial charge is 0.330 e. The van der Waals surface area contributed by atoms with E-state index in [0.717, 1.165) is 18.6 Å². The second-order valence-corrected chi connectivity index (χ2v) is 3.68. The first kappa shape index (κ1) is 9.15. The minimum absolute atomic E-state index is 0.518. The Morgan fingerprint density at radius 1 is 1.50 bits per heavy atom. The summed E-state index contributed by atoms with van der Waals surface area (Å²) in [6, 6.07) is 4.06. The van der Waals surface area contributed by atoms with Crippen LogP contribution in [0.3, 0.4) is 0 Å². The lowest BCUT2D eigenvalue weighted by atomic mass is 10.0. The van der Waals surface area contributed by atoms with Crippen LogP contribution in [0.15, 0.2) is 24.7 Å². The van der Waals surface area contributed by atoms with Gasteiger partial charge in [0.05, 0.1) is 0 Å². The Balaban J connectivity index is 2.25. The zero-order valence-corrected chi connectivity index (χ0v) is 8.22. The summed E-state index contributed by atoms with van der Waals surface area (Å²) in [4.78, 5) is 0. The molecule has 4 heteroatoms. The molecular weight excluding hydrogens is 176 g/mol. The number of aromatic nitrogens is 3. The van der Waals surface area contributed by atoms with Gasteiger partial charge in [-0.25, -0.2) is 0 Å². The third-order valence-corrected chi connectivity index (χ3v) is 2.34. The number of fused-ring (bicyclic) bond motifs is 1. The molecule has 0 fully saturated rings.